The Morgan fingerprint density at radius 3 is 2.77 bits per heavy atom. The van der Waals surface area contributed by atoms with Crippen molar-refractivity contribution in [2.24, 2.45) is 12.8 Å². The van der Waals surface area contributed by atoms with Crippen molar-refractivity contribution in [1.29, 1.82) is 0 Å². The predicted octanol–water partition coefficient (Wildman–Crippen LogP) is 2.32. The zero-order chi connectivity index (χ0) is 15.9. The molecule has 0 saturated heterocycles. The molecule has 0 fully saturated rings. The molecule has 0 bridgehead atoms. The highest BCUT2D eigenvalue weighted by Crippen LogP contribution is 2.38. The maximum Gasteiger partial charge on any atom is 0.277 e. The molecule has 0 aliphatic heterocycles. The van der Waals surface area contributed by atoms with Gasteiger partial charge in [-0.2, -0.15) is 5.10 Å². The fraction of sp³-hybridized carbons (Fsp3) is 0.357. The van der Waals surface area contributed by atoms with Crippen LogP contribution >= 0.6 is 33.9 Å². The summed E-state index contributed by atoms with van der Waals surface area (Å²) in [5, 5.41) is 7.51. The summed E-state index contributed by atoms with van der Waals surface area (Å²) in [6.07, 6.45) is 5.72. The highest BCUT2D eigenvalue weighted by molar-refractivity contribution is 14.1. The molecule has 8 heteroatoms. The molecular weight excluding hydrogens is 415 g/mol. The van der Waals surface area contributed by atoms with Gasteiger partial charge in [0.2, 0.25) is 0 Å². The number of hydrogen-bond acceptors (Lipinski definition) is 4. The number of rotatable bonds is 3. The standard InChI is InChI=1S/C14H15IN4O2S/c1-19-6-8(15)11(18-19)13(21)17-14-10(12(16)20)7-4-2-3-5-9(7)22-14/h6H,2-5H2,1H3,(H2,16,20)(H,17,21). The van der Waals surface area contributed by atoms with Crippen LogP contribution in [0.25, 0.3) is 0 Å². The summed E-state index contributed by atoms with van der Waals surface area (Å²) >= 11 is 3.52. The Kier molecular flexibility index (Phi) is 4.22. The molecule has 0 radical (unpaired) electrons. The topological polar surface area (TPSA) is 90.0 Å². The molecule has 0 atom stereocenters. The molecule has 116 valence electrons. The highest BCUT2D eigenvalue weighted by Gasteiger charge is 2.26. The number of anilines is 1. The van der Waals surface area contributed by atoms with Crippen LogP contribution in [0.5, 0.6) is 0 Å². The molecule has 1 aliphatic rings. The lowest BCUT2D eigenvalue weighted by atomic mass is 9.95. The molecule has 22 heavy (non-hydrogen) atoms. The van der Waals surface area contributed by atoms with E-state index in [0.29, 0.717) is 16.3 Å². The summed E-state index contributed by atoms with van der Waals surface area (Å²) in [7, 11) is 1.76. The van der Waals surface area contributed by atoms with Crippen LogP contribution in [0, 0.1) is 3.57 Å². The molecule has 3 N–H and O–H groups in total. The smallest absolute Gasteiger partial charge is 0.277 e. The molecule has 0 aromatic carbocycles. The number of amides is 2. The maximum absolute atomic E-state index is 12.4. The molecule has 3 rings (SSSR count). The van der Waals surface area contributed by atoms with Gasteiger partial charge in [-0.25, -0.2) is 0 Å². The number of carbonyl (C=O) groups excluding carboxylic acids is 2. The van der Waals surface area contributed by atoms with Gasteiger partial charge in [-0.15, -0.1) is 11.3 Å². The van der Waals surface area contributed by atoms with Gasteiger partial charge in [-0.3, -0.25) is 14.3 Å². The fourth-order valence-corrected chi connectivity index (χ4v) is 4.74. The Morgan fingerprint density at radius 2 is 2.14 bits per heavy atom. The third-order valence-electron chi connectivity index (χ3n) is 3.64. The van der Waals surface area contributed by atoms with E-state index in [1.165, 1.54) is 11.3 Å². The zero-order valence-corrected chi connectivity index (χ0v) is 15.0. The van der Waals surface area contributed by atoms with E-state index in [9.17, 15) is 9.59 Å². The number of fused-ring (bicyclic) bond motifs is 1. The highest BCUT2D eigenvalue weighted by atomic mass is 127. The minimum atomic E-state index is -0.481. The van der Waals surface area contributed by atoms with Crippen molar-refractivity contribution in [1.82, 2.24) is 9.78 Å². The van der Waals surface area contributed by atoms with Crippen LogP contribution in [0.15, 0.2) is 6.20 Å². The Bertz CT molecular complexity index is 765. The number of nitrogens with zero attached hydrogens (tertiary/aromatic N) is 2. The second-order valence-corrected chi connectivity index (χ2v) is 7.50. The monoisotopic (exact) mass is 430 g/mol. The summed E-state index contributed by atoms with van der Waals surface area (Å²) in [4.78, 5) is 25.4. The predicted molar refractivity (Wildman–Crippen MR) is 93.4 cm³/mol. The quantitative estimate of drug-likeness (QED) is 0.733. The molecular formula is C14H15IN4O2S. The van der Waals surface area contributed by atoms with Crippen LogP contribution in [0.3, 0.4) is 0 Å². The van der Waals surface area contributed by atoms with Crippen LogP contribution in [-0.4, -0.2) is 21.6 Å². The lowest BCUT2D eigenvalue weighted by Gasteiger charge is -2.11. The van der Waals surface area contributed by atoms with E-state index in [2.05, 4.69) is 33.0 Å². The average molecular weight is 430 g/mol. The van der Waals surface area contributed by atoms with E-state index >= 15 is 0 Å². The van der Waals surface area contributed by atoms with Gasteiger partial charge in [0.25, 0.3) is 11.8 Å². The van der Waals surface area contributed by atoms with Crippen LogP contribution in [0.2, 0.25) is 0 Å². The fourth-order valence-electron chi connectivity index (χ4n) is 2.69. The number of carbonyl (C=O) groups is 2. The van der Waals surface area contributed by atoms with Gasteiger partial charge in [-0.1, -0.05) is 0 Å². The first-order valence-electron chi connectivity index (χ1n) is 6.92. The third-order valence-corrected chi connectivity index (χ3v) is 5.64. The molecule has 2 aromatic rings. The molecule has 0 spiro atoms. The van der Waals surface area contributed by atoms with Crippen molar-refractivity contribution in [2.45, 2.75) is 25.7 Å². The number of nitrogens with one attached hydrogen (secondary N) is 1. The van der Waals surface area contributed by atoms with Gasteiger partial charge >= 0.3 is 0 Å². The van der Waals surface area contributed by atoms with Crippen molar-refractivity contribution in [3.8, 4) is 0 Å². The summed E-state index contributed by atoms with van der Waals surface area (Å²) in [6, 6.07) is 0. The first-order valence-corrected chi connectivity index (χ1v) is 8.81. The number of aryl methyl sites for hydroxylation is 2. The van der Waals surface area contributed by atoms with Gasteiger partial charge in [0.1, 0.15) is 5.00 Å². The lowest BCUT2D eigenvalue weighted by Crippen LogP contribution is -2.19. The Hall–Kier alpha value is -1.42. The minimum absolute atomic E-state index is 0.314. The van der Waals surface area contributed by atoms with Crippen molar-refractivity contribution >= 4 is 50.7 Å². The number of thiophene rings is 1. The van der Waals surface area contributed by atoms with Gasteiger partial charge in [-0.05, 0) is 53.8 Å². The second-order valence-electron chi connectivity index (χ2n) is 5.23. The van der Waals surface area contributed by atoms with E-state index < -0.39 is 5.91 Å². The van der Waals surface area contributed by atoms with E-state index in [0.717, 1.165) is 39.7 Å². The number of nitrogens with two attached hydrogens (primary N) is 1. The van der Waals surface area contributed by atoms with Crippen LogP contribution in [-0.2, 0) is 19.9 Å². The van der Waals surface area contributed by atoms with Gasteiger partial charge in [0.15, 0.2) is 5.69 Å². The number of primary amides is 1. The molecule has 6 nitrogen and oxygen atoms in total. The molecule has 2 aromatic heterocycles. The lowest BCUT2D eigenvalue weighted by molar-refractivity contribution is 0.100. The normalized spacial score (nSPS) is 13.7. The van der Waals surface area contributed by atoms with E-state index in [1.54, 1.807) is 17.9 Å². The van der Waals surface area contributed by atoms with E-state index in [1.807, 2.05) is 0 Å². The second kappa shape index (κ2) is 5.99. The van der Waals surface area contributed by atoms with E-state index in [4.69, 9.17) is 5.73 Å². The number of hydrogen-bond donors (Lipinski definition) is 2. The van der Waals surface area contributed by atoms with Crippen molar-refractivity contribution in [3.63, 3.8) is 0 Å². The Morgan fingerprint density at radius 1 is 1.41 bits per heavy atom. The first-order chi connectivity index (χ1) is 10.5. The zero-order valence-electron chi connectivity index (χ0n) is 12.0. The number of halogens is 1. The minimum Gasteiger partial charge on any atom is -0.365 e. The van der Waals surface area contributed by atoms with Gasteiger partial charge in [0, 0.05) is 18.1 Å². The van der Waals surface area contributed by atoms with Crippen molar-refractivity contribution < 1.29 is 9.59 Å². The summed E-state index contributed by atoms with van der Waals surface area (Å²) in [5.74, 6) is -0.795. The maximum atomic E-state index is 12.4. The van der Waals surface area contributed by atoms with Crippen LogP contribution in [0.4, 0.5) is 5.00 Å². The molecule has 0 saturated carbocycles. The largest absolute Gasteiger partial charge is 0.365 e. The summed E-state index contributed by atoms with van der Waals surface area (Å²) < 4.78 is 2.35. The molecule has 0 unspecified atom stereocenters. The van der Waals surface area contributed by atoms with E-state index in [-0.39, 0.29) is 5.91 Å². The number of aromatic nitrogens is 2. The molecule has 2 heterocycles. The average Bonchev–Trinajstić information content (AvgIpc) is 2.97. The molecule has 2 amide bonds. The Labute approximate surface area is 145 Å². The van der Waals surface area contributed by atoms with Gasteiger partial charge < -0.3 is 11.1 Å². The SMILES string of the molecule is Cn1cc(I)c(C(=O)Nc2sc3c(c2C(N)=O)CCCC3)n1. The Balaban J connectivity index is 1.95. The van der Waals surface area contributed by atoms with Gasteiger partial charge in [0.05, 0.1) is 9.13 Å². The van der Waals surface area contributed by atoms with Crippen LogP contribution in [0.1, 0.15) is 44.1 Å². The van der Waals surface area contributed by atoms with Crippen LogP contribution < -0.4 is 11.1 Å². The van der Waals surface area contributed by atoms with Crippen molar-refractivity contribution in [2.75, 3.05) is 5.32 Å². The van der Waals surface area contributed by atoms with Crippen molar-refractivity contribution in [3.05, 3.63) is 31.5 Å². The third kappa shape index (κ3) is 2.76. The first kappa shape index (κ1) is 15.5. The summed E-state index contributed by atoms with van der Waals surface area (Å²) in [5.41, 5.74) is 7.36. The molecule has 1 aliphatic carbocycles. The summed E-state index contributed by atoms with van der Waals surface area (Å²) in [6.45, 7) is 0.